The highest BCUT2D eigenvalue weighted by molar-refractivity contribution is 6.30. The van der Waals surface area contributed by atoms with Crippen molar-refractivity contribution in [3.8, 4) is 0 Å². The predicted molar refractivity (Wildman–Crippen MR) is 57.5 cm³/mol. The molecule has 0 atom stereocenters. The molecule has 0 spiro atoms. The average molecular weight is 196 g/mol. The third-order valence-corrected chi connectivity index (χ3v) is 1.66. The van der Waals surface area contributed by atoms with Gasteiger partial charge in [-0.25, -0.2) is 0 Å². The van der Waals surface area contributed by atoms with Crippen molar-refractivity contribution in [3.63, 3.8) is 0 Å². The first-order valence-electron chi connectivity index (χ1n) is 4.75. The molecule has 1 aromatic rings. The Morgan fingerprint density at radius 3 is 2.00 bits per heavy atom. The van der Waals surface area contributed by atoms with Crippen molar-refractivity contribution in [1.29, 1.82) is 0 Å². The van der Waals surface area contributed by atoms with Crippen LogP contribution in [-0.4, -0.2) is 22.4 Å². The zero-order chi connectivity index (χ0) is 10.8. The van der Waals surface area contributed by atoms with Crippen LogP contribution >= 0.6 is 0 Å². The normalized spacial score (nSPS) is 8.86. The number of benzene rings is 1. The number of unbranched alkanes of at least 4 members (excludes halogenated alkanes) is 1. The summed E-state index contributed by atoms with van der Waals surface area (Å²) < 4.78 is 0. The van der Waals surface area contributed by atoms with Gasteiger partial charge in [-0.2, -0.15) is 0 Å². The minimum absolute atomic E-state index is 1.23. The first-order valence-corrected chi connectivity index (χ1v) is 4.75. The Bertz CT molecular complexity index is 211. The zero-order valence-corrected chi connectivity index (χ0v) is 8.43. The predicted octanol–water partition coefficient (Wildman–Crippen LogP) is 0.977. The van der Waals surface area contributed by atoms with Crippen LogP contribution < -0.4 is 0 Å². The first-order chi connectivity index (χ1) is 6.66. The topological polar surface area (TPSA) is 60.7 Å². The molecule has 0 aliphatic rings. The Balaban J connectivity index is 0.000000364. The Kier molecular flexibility index (Phi) is 8.23. The highest BCUT2D eigenvalue weighted by Gasteiger charge is 1.92. The lowest BCUT2D eigenvalue weighted by molar-refractivity contribution is 0.278. The van der Waals surface area contributed by atoms with E-state index < -0.39 is 7.32 Å². The SMILES string of the molecule is CCCCc1ccccc1.OB(O)O. The summed E-state index contributed by atoms with van der Waals surface area (Å²) in [6, 6.07) is 10.6. The molecule has 4 heteroatoms. The lowest BCUT2D eigenvalue weighted by Crippen LogP contribution is -2.07. The van der Waals surface area contributed by atoms with Gasteiger partial charge in [0.05, 0.1) is 0 Å². The van der Waals surface area contributed by atoms with Gasteiger partial charge in [0.15, 0.2) is 0 Å². The molecule has 1 aromatic carbocycles. The molecule has 0 saturated heterocycles. The van der Waals surface area contributed by atoms with Crippen LogP contribution in [0.1, 0.15) is 25.3 Å². The fourth-order valence-corrected chi connectivity index (χ4v) is 1.03. The summed E-state index contributed by atoms with van der Waals surface area (Å²) in [5.74, 6) is 0. The molecule has 0 radical (unpaired) electrons. The lowest BCUT2D eigenvalue weighted by atomic mass is 10.1. The van der Waals surface area contributed by atoms with Crippen molar-refractivity contribution < 1.29 is 15.1 Å². The Labute approximate surface area is 85.2 Å². The van der Waals surface area contributed by atoms with Gasteiger partial charge in [-0.3, -0.25) is 0 Å². The number of hydrogen-bond acceptors (Lipinski definition) is 3. The van der Waals surface area contributed by atoms with E-state index in [9.17, 15) is 0 Å². The minimum atomic E-state index is -2.17. The fourth-order valence-electron chi connectivity index (χ4n) is 1.03. The summed E-state index contributed by atoms with van der Waals surface area (Å²) in [6.45, 7) is 2.23. The van der Waals surface area contributed by atoms with Crippen LogP contribution in [0.5, 0.6) is 0 Å². The van der Waals surface area contributed by atoms with E-state index >= 15 is 0 Å². The van der Waals surface area contributed by atoms with Gasteiger partial charge in [0.2, 0.25) is 0 Å². The summed E-state index contributed by atoms with van der Waals surface area (Å²) >= 11 is 0. The van der Waals surface area contributed by atoms with Crippen molar-refractivity contribution in [1.82, 2.24) is 0 Å². The molecular formula is C10H17BO3. The molecule has 3 nitrogen and oxygen atoms in total. The average Bonchev–Trinajstić information content (AvgIpc) is 2.15. The van der Waals surface area contributed by atoms with E-state index in [1.165, 1.54) is 24.8 Å². The summed E-state index contributed by atoms with van der Waals surface area (Å²) in [5, 5.41) is 21.5. The van der Waals surface area contributed by atoms with Gasteiger partial charge in [0.25, 0.3) is 0 Å². The van der Waals surface area contributed by atoms with Crippen LogP contribution in [-0.2, 0) is 6.42 Å². The smallest absolute Gasteiger partial charge is 0.402 e. The van der Waals surface area contributed by atoms with E-state index in [-0.39, 0.29) is 0 Å². The zero-order valence-electron chi connectivity index (χ0n) is 8.43. The minimum Gasteiger partial charge on any atom is -0.402 e. The Hall–Kier alpha value is -0.835. The molecule has 0 heterocycles. The molecule has 0 fully saturated rings. The van der Waals surface area contributed by atoms with Gasteiger partial charge >= 0.3 is 7.32 Å². The lowest BCUT2D eigenvalue weighted by Gasteiger charge is -1.96. The van der Waals surface area contributed by atoms with Gasteiger partial charge in [-0.15, -0.1) is 0 Å². The van der Waals surface area contributed by atoms with Crippen molar-refractivity contribution in [2.75, 3.05) is 0 Å². The summed E-state index contributed by atoms with van der Waals surface area (Å²) in [4.78, 5) is 0. The molecule has 0 saturated carbocycles. The first kappa shape index (κ1) is 13.2. The van der Waals surface area contributed by atoms with Crippen molar-refractivity contribution in [2.45, 2.75) is 26.2 Å². The Morgan fingerprint density at radius 2 is 1.57 bits per heavy atom. The van der Waals surface area contributed by atoms with E-state index in [1.807, 2.05) is 0 Å². The van der Waals surface area contributed by atoms with E-state index in [4.69, 9.17) is 15.1 Å². The van der Waals surface area contributed by atoms with Crippen LogP contribution in [0.3, 0.4) is 0 Å². The standard InChI is InChI=1S/C10H14.BH3O3/c1-2-3-7-10-8-5-4-6-9-10;2-1(3)4/h4-6,8-9H,2-3,7H2,1H3;2-4H. The molecule has 0 aliphatic carbocycles. The molecule has 0 aromatic heterocycles. The molecule has 3 N–H and O–H groups in total. The maximum Gasteiger partial charge on any atom is 0.631 e. The van der Waals surface area contributed by atoms with E-state index in [0.29, 0.717) is 0 Å². The van der Waals surface area contributed by atoms with E-state index in [1.54, 1.807) is 0 Å². The Morgan fingerprint density at radius 1 is 1.07 bits per heavy atom. The van der Waals surface area contributed by atoms with E-state index in [0.717, 1.165) is 0 Å². The molecule has 0 aliphatic heterocycles. The molecule has 0 unspecified atom stereocenters. The molecule has 0 amide bonds. The maximum atomic E-state index is 7.17. The third kappa shape index (κ3) is 9.25. The van der Waals surface area contributed by atoms with Gasteiger partial charge in [-0.05, 0) is 18.4 Å². The maximum absolute atomic E-state index is 7.17. The third-order valence-electron chi connectivity index (χ3n) is 1.66. The number of aryl methyl sites for hydroxylation is 1. The van der Waals surface area contributed by atoms with Gasteiger partial charge in [0, 0.05) is 0 Å². The van der Waals surface area contributed by atoms with Crippen LogP contribution in [0.25, 0.3) is 0 Å². The highest BCUT2D eigenvalue weighted by atomic mass is 16.5. The summed E-state index contributed by atoms with van der Waals surface area (Å²) in [6.07, 6.45) is 3.83. The van der Waals surface area contributed by atoms with Gasteiger partial charge < -0.3 is 15.1 Å². The summed E-state index contributed by atoms with van der Waals surface area (Å²) in [5.41, 5.74) is 1.46. The monoisotopic (exact) mass is 196 g/mol. The van der Waals surface area contributed by atoms with Crippen molar-refractivity contribution in [2.24, 2.45) is 0 Å². The molecule has 78 valence electrons. The second-order valence-electron chi connectivity index (χ2n) is 2.94. The highest BCUT2D eigenvalue weighted by Crippen LogP contribution is 2.03. The van der Waals surface area contributed by atoms with Gasteiger partial charge in [0.1, 0.15) is 0 Å². The molecule has 1 rings (SSSR count). The van der Waals surface area contributed by atoms with Gasteiger partial charge in [-0.1, -0.05) is 43.7 Å². The second kappa shape index (κ2) is 8.75. The van der Waals surface area contributed by atoms with Crippen molar-refractivity contribution in [3.05, 3.63) is 35.9 Å². The molecule has 14 heavy (non-hydrogen) atoms. The molecular weight excluding hydrogens is 179 g/mol. The largest absolute Gasteiger partial charge is 0.631 e. The van der Waals surface area contributed by atoms with Crippen LogP contribution in [0, 0.1) is 0 Å². The second-order valence-corrected chi connectivity index (χ2v) is 2.94. The van der Waals surface area contributed by atoms with Crippen LogP contribution in [0.2, 0.25) is 0 Å². The van der Waals surface area contributed by atoms with Crippen LogP contribution in [0.4, 0.5) is 0 Å². The number of rotatable bonds is 3. The summed E-state index contributed by atoms with van der Waals surface area (Å²) in [7, 11) is -2.17. The van der Waals surface area contributed by atoms with Crippen LogP contribution in [0.15, 0.2) is 30.3 Å². The number of hydrogen-bond donors (Lipinski definition) is 3. The quantitative estimate of drug-likeness (QED) is 0.631. The fraction of sp³-hybridized carbons (Fsp3) is 0.400. The van der Waals surface area contributed by atoms with E-state index in [2.05, 4.69) is 37.3 Å². The van der Waals surface area contributed by atoms with Crippen molar-refractivity contribution >= 4 is 7.32 Å². The molecule has 0 bridgehead atoms.